The highest BCUT2D eigenvalue weighted by molar-refractivity contribution is 8.01. The normalized spacial score (nSPS) is 36.6. The highest BCUT2D eigenvalue weighted by atomic mass is 35.5. The average Bonchev–Trinajstić information content (AvgIpc) is 3.74. The molecule has 0 N–H and O–H groups in total. The van der Waals surface area contributed by atoms with Gasteiger partial charge in [0.05, 0.1) is 20.6 Å². The number of carbonyl (C=O) groups excluding carboxylic acids is 1. The topological polar surface area (TPSA) is 53.1 Å². The van der Waals surface area contributed by atoms with Crippen molar-refractivity contribution in [1.29, 1.82) is 0 Å². The molecule has 2 saturated heterocycles. The van der Waals surface area contributed by atoms with Crippen LogP contribution in [-0.2, 0) is 14.4 Å². The average molecular weight is 492 g/mol. The number of fused-ring (bicyclic) bond motifs is 3. The van der Waals surface area contributed by atoms with Crippen LogP contribution in [0, 0.1) is 5.92 Å². The van der Waals surface area contributed by atoms with Crippen LogP contribution in [0.1, 0.15) is 52.4 Å². The van der Waals surface area contributed by atoms with Gasteiger partial charge in [0.25, 0.3) is 0 Å². The minimum atomic E-state index is -2.58. The Morgan fingerprint density at radius 2 is 1.79 bits per heavy atom. The monoisotopic (exact) mass is 491 g/mol. The van der Waals surface area contributed by atoms with Crippen molar-refractivity contribution in [1.82, 2.24) is 14.1 Å². The maximum atomic E-state index is 14.9. The van der Waals surface area contributed by atoms with Crippen LogP contribution in [0.3, 0.4) is 0 Å². The van der Waals surface area contributed by atoms with Gasteiger partial charge in [0.2, 0.25) is 0 Å². The van der Waals surface area contributed by atoms with Crippen LogP contribution in [0.25, 0.3) is 0 Å². The number of amides is 1. The molecule has 0 radical (unpaired) electrons. The highest BCUT2D eigenvalue weighted by Gasteiger charge is 2.72. The van der Waals surface area contributed by atoms with Gasteiger partial charge in [-0.3, -0.25) is 4.90 Å². The predicted molar refractivity (Wildman–Crippen MR) is 131 cm³/mol. The van der Waals surface area contributed by atoms with Crippen molar-refractivity contribution >= 4 is 32.3 Å². The first-order valence-corrected chi connectivity index (χ1v) is 14.4. The largest absolute Gasteiger partial charge is 0.435 e. The van der Waals surface area contributed by atoms with Gasteiger partial charge >= 0.3 is 6.09 Å². The fourth-order valence-corrected chi connectivity index (χ4v) is 10.1. The quantitative estimate of drug-likeness (QED) is 0.597. The first-order valence-electron chi connectivity index (χ1n) is 12.5. The van der Waals surface area contributed by atoms with Crippen LogP contribution in [0.5, 0.6) is 0 Å². The summed E-state index contributed by atoms with van der Waals surface area (Å²) in [6.07, 6.45) is 5.95. The summed E-state index contributed by atoms with van der Waals surface area (Å²) in [6, 6.07) is 8.31. The molecule has 6 rings (SSSR count). The molecule has 5 aliphatic rings. The smallest absolute Gasteiger partial charge is 0.410 e. The molecule has 3 aliphatic heterocycles. The molecule has 1 aromatic carbocycles. The summed E-state index contributed by atoms with van der Waals surface area (Å²) in [5.74, 6) is 0.621. The second kappa shape index (κ2) is 7.87. The Hall–Kier alpha value is -1.28. The van der Waals surface area contributed by atoms with Crippen molar-refractivity contribution in [2.24, 2.45) is 5.92 Å². The molecule has 0 aromatic heterocycles. The van der Waals surface area contributed by atoms with Crippen molar-refractivity contribution in [2.45, 2.75) is 81.0 Å². The molecule has 1 aromatic rings. The van der Waals surface area contributed by atoms with E-state index >= 15 is 0 Å². The third-order valence-electron chi connectivity index (χ3n) is 8.42. The molecule has 6 nitrogen and oxygen atoms in total. The van der Waals surface area contributed by atoms with Gasteiger partial charge in [-0.1, -0.05) is 18.0 Å². The van der Waals surface area contributed by atoms with Gasteiger partial charge in [0.1, 0.15) is 0 Å². The van der Waals surface area contributed by atoms with Gasteiger partial charge in [0, 0.05) is 54.6 Å². The van der Waals surface area contributed by atoms with E-state index in [0.29, 0.717) is 42.5 Å². The second-order valence-electron chi connectivity index (χ2n) is 10.7. The second-order valence-corrected chi connectivity index (χ2v) is 13.5. The van der Waals surface area contributed by atoms with Crippen LogP contribution in [0.2, 0.25) is 5.02 Å². The van der Waals surface area contributed by atoms with Crippen LogP contribution in [-0.4, -0.2) is 79.2 Å². The molecule has 33 heavy (non-hydrogen) atoms. The highest BCUT2D eigenvalue weighted by Crippen LogP contribution is 2.58. The fraction of sp³-hybridized carbons (Fsp3) is 0.680. The van der Waals surface area contributed by atoms with Gasteiger partial charge in [-0.15, -0.1) is 0 Å². The van der Waals surface area contributed by atoms with Crippen molar-refractivity contribution < 1.29 is 13.7 Å². The molecular weight excluding hydrogens is 458 g/mol. The Bertz CT molecular complexity index is 1070. The van der Waals surface area contributed by atoms with Gasteiger partial charge < -0.3 is 9.64 Å². The van der Waals surface area contributed by atoms with E-state index in [1.165, 1.54) is 12.8 Å². The van der Waals surface area contributed by atoms with E-state index in [1.807, 2.05) is 29.2 Å². The Balaban J connectivity index is 1.32. The van der Waals surface area contributed by atoms with Crippen LogP contribution in [0.15, 0.2) is 29.2 Å². The summed E-state index contributed by atoms with van der Waals surface area (Å²) < 4.78 is 23.6. The Morgan fingerprint density at radius 1 is 1.09 bits per heavy atom. The van der Waals surface area contributed by atoms with E-state index in [4.69, 9.17) is 16.3 Å². The first kappa shape index (κ1) is 22.2. The molecule has 2 saturated carbocycles. The summed E-state index contributed by atoms with van der Waals surface area (Å²) in [4.78, 5) is 19.3. The number of nitrogens with zero attached hydrogens (tertiary/aromatic N) is 3. The standard InChI is InChI=1S/C25H34ClN3O3S/c1-17(2)27-12-14-28(15-13-27)24(30)32-25-16-23(25)33(31,20-10-8-19(26)9-11-20)29-21(18-6-7-18)4-3-5-22(25)29/h8-11,17-18,21-22H,3-7,12-16H2,1-2H3/t21-,22+,25?,33?/m0/s1. The van der Waals surface area contributed by atoms with E-state index < -0.39 is 15.3 Å². The van der Waals surface area contributed by atoms with Crippen molar-refractivity contribution in [3.8, 4) is 0 Å². The molecular formula is C25H34ClN3O3S. The number of rotatable bonds is 4. The van der Waals surface area contributed by atoms with Crippen LogP contribution < -0.4 is 0 Å². The zero-order chi connectivity index (χ0) is 23.0. The number of piperidine rings is 1. The van der Waals surface area contributed by atoms with Crippen molar-refractivity contribution in [3.63, 3.8) is 0 Å². The zero-order valence-corrected chi connectivity index (χ0v) is 21.1. The summed E-state index contributed by atoms with van der Waals surface area (Å²) in [7, 11) is -2.58. The summed E-state index contributed by atoms with van der Waals surface area (Å²) in [5, 5.41) is 0.646. The zero-order valence-electron chi connectivity index (χ0n) is 19.5. The van der Waals surface area contributed by atoms with Gasteiger partial charge in [0.15, 0.2) is 5.60 Å². The number of benzene rings is 1. The molecule has 0 bridgehead atoms. The van der Waals surface area contributed by atoms with Gasteiger partial charge in [-0.25, -0.2) is 13.3 Å². The molecule has 2 unspecified atom stereocenters. The van der Waals surface area contributed by atoms with E-state index in [9.17, 15) is 9.00 Å². The van der Waals surface area contributed by atoms with Crippen molar-refractivity contribution in [3.05, 3.63) is 29.3 Å². The fourth-order valence-electron chi connectivity index (χ4n) is 6.38. The minimum absolute atomic E-state index is 0.0240. The molecule has 0 spiro atoms. The Labute approximate surface area is 202 Å². The van der Waals surface area contributed by atoms with Gasteiger partial charge in [-0.2, -0.15) is 0 Å². The molecule has 8 heteroatoms. The van der Waals surface area contributed by atoms with Crippen LogP contribution in [0.4, 0.5) is 4.79 Å². The molecule has 2 aliphatic carbocycles. The Kier molecular flexibility index (Phi) is 5.29. The SMILES string of the molecule is CC(C)N1CCN(C(=O)OC23CC2=S(=O)(c2ccc(Cl)cc2)N2[C@H](C4CC4)CCC[C@@H]23)CC1. The van der Waals surface area contributed by atoms with Crippen molar-refractivity contribution in [2.75, 3.05) is 26.2 Å². The van der Waals surface area contributed by atoms with E-state index in [-0.39, 0.29) is 12.1 Å². The maximum absolute atomic E-state index is 14.9. The predicted octanol–water partition coefficient (Wildman–Crippen LogP) is 4.02. The Morgan fingerprint density at radius 3 is 2.42 bits per heavy atom. The molecule has 4 fully saturated rings. The lowest BCUT2D eigenvalue weighted by Crippen LogP contribution is -2.55. The van der Waals surface area contributed by atoms with E-state index in [1.54, 1.807) is 0 Å². The first-order chi connectivity index (χ1) is 15.8. The third-order valence-corrected chi connectivity index (χ3v) is 11.9. The lowest BCUT2D eigenvalue weighted by atomic mass is 9.91. The molecule has 180 valence electrons. The molecule has 3 heterocycles. The van der Waals surface area contributed by atoms with E-state index in [0.717, 1.165) is 42.1 Å². The maximum Gasteiger partial charge on any atom is 0.410 e. The third kappa shape index (κ3) is 3.45. The number of piperazine rings is 1. The lowest BCUT2D eigenvalue weighted by Gasteiger charge is -2.44. The van der Waals surface area contributed by atoms with Gasteiger partial charge in [-0.05, 0) is 69.7 Å². The molecule has 4 atom stereocenters. The summed E-state index contributed by atoms with van der Waals surface area (Å²) in [5.41, 5.74) is -0.684. The number of hydrogen-bond acceptors (Lipinski definition) is 4. The number of carbonyl (C=O) groups is 1. The van der Waals surface area contributed by atoms with E-state index in [2.05, 4.69) is 23.1 Å². The summed E-state index contributed by atoms with van der Waals surface area (Å²) in [6.45, 7) is 7.51. The number of hydrogen-bond donors (Lipinski definition) is 0. The number of ether oxygens (including phenoxy) is 1. The minimum Gasteiger partial charge on any atom is -0.435 e. The lowest BCUT2D eigenvalue weighted by molar-refractivity contribution is -0.000568. The number of halogens is 1. The van der Waals surface area contributed by atoms with Crippen LogP contribution >= 0.6 is 11.6 Å². The summed E-state index contributed by atoms with van der Waals surface area (Å²) >= 11 is 6.16. The molecule has 1 amide bonds.